The van der Waals surface area contributed by atoms with E-state index in [1.807, 2.05) is 0 Å². The molecule has 1 aliphatic rings. The molecule has 0 amide bonds. The summed E-state index contributed by atoms with van der Waals surface area (Å²) < 4.78 is 0. The zero-order valence-electron chi connectivity index (χ0n) is 5.07. The number of allylic oxidation sites excluding steroid dienone is 2. The molecule has 0 aliphatic heterocycles. The van der Waals surface area contributed by atoms with Gasteiger partial charge in [0.25, 0.3) is 0 Å². The quantitative estimate of drug-likeness (QED) is 0.439. The van der Waals surface area contributed by atoms with Gasteiger partial charge in [-0.1, -0.05) is 18.6 Å². The molecule has 1 rings (SSSR count). The maximum Gasteiger partial charge on any atom is -0.0168 e. The summed E-state index contributed by atoms with van der Waals surface area (Å²) in [6.07, 6.45) is 4.97. The Kier molecular flexibility index (Phi) is 1.18. The maximum atomic E-state index is 2.25. The molecule has 7 heavy (non-hydrogen) atoms. The van der Waals surface area contributed by atoms with Crippen molar-refractivity contribution in [3.8, 4) is 0 Å². The van der Waals surface area contributed by atoms with Crippen molar-refractivity contribution in [3.63, 3.8) is 0 Å². The molecule has 0 aromatic heterocycles. The number of hydrogen-bond donors (Lipinski definition) is 0. The summed E-state index contributed by atoms with van der Waals surface area (Å²) in [5.41, 5.74) is 1.67. The monoisotopic (exact) mass is 96.1 g/mol. The highest BCUT2D eigenvalue weighted by atomic mass is 14.3. The van der Waals surface area contributed by atoms with Crippen molar-refractivity contribution in [2.24, 2.45) is 5.92 Å². The van der Waals surface area contributed by atoms with Crippen molar-refractivity contribution >= 4 is 0 Å². The van der Waals surface area contributed by atoms with Crippen LogP contribution in [0, 0.1) is 5.92 Å². The molecule has 0 saturated heterocycles. The van der Waals surface area contributed by atoms with Gasteiger partial charge in [-0.25, -0.2) is 0 Å². The minimum atomic E-state index is 0.977. The third-order valence-electron chi connectivity index (χ3n) is 1.71. The Morgan fingerprint density at radius 2 is 2.57 bits per heavy atom. The van der Waals surface area contributed by atoms with E-state index in [2.05, 4.69) is 19.9 Å². The van der Waals surface area contributed by atoms with Crippen LogP contribution in [0.4, 0.5) is 0 Å². The van der Waals surface area contributed by atoms with Crippen molar-refractivity contribution in [1.82, 2.24) is 0 Å². The van der Waals surface area contributed by atoms with Crippen LogP contribution in [0.2, 0.25) is 0 Å². The molecule has 0 spiro atoms. The van der Waals surface area contributed by atoms with E-state index in [0.29, 0.717) is 0 Å². The highest BCUT2D eigenvalue weighted by Gasteiger charge is 2.25. The van der Waals surface area contributed by atoms with Crippen molar-refractivity contribution in [1.29, 1.82) is 0 Å². The minimum absolute atomic E-state index is 0.977. The van der Waals surface area contributed by atoms with Crippen LogP contribution < -0.4 is 0 Å². The van der Waals surface area contributed by atoms with Gasteiger partial charge < -0.3 is 0 Å². The van der Waals surface area contributed by atoms with Crippen LogP contribution in [0.25, 0.3) is 0 Å². The molecule has 0 nitrogen and oxygen atoms in total. The molecule has 0 radical (unpaired) electrons. The zero-order valence-corrected chi connectivity index (χ0v) is 5.07. The SMILES string of the molecule is CC=C1CC1CC. The summed E-state index contributed by atoms with van der Waals surface area (Å²) >= 11 is 0. The van der Waals surface area contributed by atoms with E-state index in [1.165, 1.54) is 12.8 Å². The lowest BCUT2D eigenvalue weighted by Crippen LogP contribution is -1.63. The fraction of sp³-hybridized carbons (Fsp3) is 0.714. The van der Waals surface area contributed by atoms with Crippen LogP contribution >= 0.6 is 0 Å². The molecule has 0 heteroatoms. The van der Waals surface area contributed by atoms with E-state index in [9.17, 15) is 0 Å². The number of rotatable bonds is 1. The van der Waals surface area contributed by atoms with Gasteiger partial charge in [-0.2, -0.15) is 0 Å². The van der Waals surface area contributed by atoms with Crippen LogP contribution in [-0.2, 0) is 0 Å². The summed E-state index contributed by atoms with van der Waals surface area (Å²) in [5, 5.41) is 0. The normalized spacial score (nSPS) is 34.0. The molecule has 0 bridgehead atoms. The zero-order chi connectivity index (χ0) is 5.28. The van der Waals surface area contributed by atoms with Gasteiger partial charge in [-0.15, -0.1) is 0 Å². The Labute approximate surface area is 45.2 Å². The molecule has 0 heterocycles. The second-order valence-electron chi connectivity index (χ2n) is 2.17. The molecule has 1 saturated carbocycles. The second-order valence-corrected chi connectivity index (χ2v) is 2.17. The third-order valence-corrected chi connectivity index (χ3v) is 1.71. The largest absolute Gasteiger partial charge is 0.0881 e. The Hall–Kier alpha value is -0.260. The maximum absolute atomic E-state index is 2.25. The number of hydrogen-bond acceptors (Lipinski definition) is 0. The van der Waals surface area contributed by atoms with Crippen molar-refractivity contribution in [2.45, 2.75) is 26.7 Å². The predicted octanol–water partition coefficient (Wildman–Crippen LogP) is 2.36. The van der Waals surface area contributed by atoms with Gasteiger partial charge in [0.2, 0.25) is 0 Å². The highest BCUT2D eigenvalue weighted by Crippen LogP contribution is 2.39. The van der Waals surface area contributed by atoms with Gasteiger partial charge in [0, 0.05) is 0 Å². The second kappa shape index (κ2) is 1.69. The standard InChI is InChI=1S/C7H12/c1-3-6-5-7(6)4-2/h3,7H,4-5H2,1-2H3. The molecule has 1 aliphatic carbocycles. The average Bonchev–Trinajstić information content (AvgIpc) is 2.43. The average molecular weight is 96.2 g/mol. The van der Waals surface area contributed by atoms with E-state index >= 15 is 0 Å². The topological polar surface area (TPSA) is 0 Å². The molecule has 1 unspecified atom stereocenters. The first kappa shape index (κ1) is 4.89. The first-order chi connectivity index (χ1) is 3.38. The van der Waals surface area contributed by atoms with Gasteiger partial charge in [-0.3, -0.25) is 0 Å². The van der Waals surface area contributed by atoms with E-state index in [1.54, 1.807) is 5.57 Å². The summed E-state index contributed by atoms with van der Waals surface area (Å²) in [5.74, 6) is 0.977. The Balaban J connectivity index is 2.31. The summed E-state index contributed by atoms with van der Waals surface area (Å²) in [6, 6.07) is 0. The predicted molar refractivity (Wildman–Crippen MR) is 32.2 cm³/mol. The highest BCUT2D eigenvalue weighted by molar-refractivity contribution is 5.21. The lowest BCUT2D eigenvalue weighted by Gasteiger charge is -1.76. The molecular formula is C7H12. The molecule has 0 aromatic rings. The van der Waals surface area contributed by atoms with Crippen LogP contribution in [0.1, 0.15) is 26.7 Å². The third kappa shape index (κ3) is 0.846. The lowest BCUT2D eigenvalue weighted by molar-refractivity contribution is 0.826. The molecule has 0 aromatic carbocycles. The lowest BCUT2D eigenvalue weighted by atomic mass is 10.3. The Bertz CT molecular complexity index is 90.2. The van der Waals surface area contributed by atoms with Gasteiger partial charge in [-0.05, 0) is 25.7 Å². The van der Waals surface area contributed by atoms with Gasteiger partial charge in [0.15, 0.2) is 0 Å². The van der Waals surface area contributed by atoms with E-state index < -0.39 is 0 Å². The molecular weight excluding hydrogens is 84.1 g/mol. The van der Waals surface area contributed by atoms with Crippen molar-refractivity contribution in [3.05, 3.63) is 11.6 Å². The summed E-state index contributed by atoms with van der Waals surface area (Å²) in [6.45, 7) is 4.38. The van der Waals surface area contributed by atoms with E-state index in [-0.39, 0.29) is 0 Å². The van der Waals surface area contributed by atoms with Crippen LogP contribution in [0.15, 0.2) is 11.6 Å². The van der Waals surface area contributed by atoms with Crippen LogP contribution in [0.5, 0.6) is 0 Å². The summed E-state index contributed by atoms with van der Waals surface area (Å²) in [4.78, 5) is 0. The Morgan fingerprint density at radius 3 is 2.71 bits per heavy atom. The molecule has 1 atom stereocenters. The Morgan fingerprint density at radius 1 is 1.86 bits per heavy atom. The van der Waals surface area contributed by atoms with Gasteiger partial charge >= 0.3 is 0 Å². The molecule has 1 fully saturated rings. The first-order valence-corrected chi connectivity index (χ1v) is 3.03. The van der Waals surface area contributed by atoms with Crippen molar-refractivity contribution in [2.75, 3.05) is 0 Å². The van der Waals surface area contributed by atoms with Gasteiger partial charge in [0.1, 0.15) is 0 Å². The van der Waals surface area contributed by atoms with Crippen LogP contribution in [-0.4, -0.2) is 0 Å². The first-order valence-electron chi connectivity index (χ1n) is 3.03. The van der Waals surface area contributed by atoms with Crippen molar-refractivity contribution < 1.29 is 0 Å². The minimum Gasteiger partial charge on any atom is -0.0881 e. The van der Waals surface area contributed by atoms with Crippen LogP contribution in [0.3, 0.4) is 0 Å². The fourth-order valence-electron chi connectivity index (χ4n) is 0.986. The fourth-order valence-corrected chi connectivity index (χ4v) is 0.986. The van der Waals surface area contributed by atoms with E-state index in [4.69, 9.17) is 0 Å². The van der Waals surface area contributed by atoms with Gasteiger partial charge in [0.05, 0.1) is 0 Å². The smallest absolute Gasteiger partial charge is 0.0168 e. The summed E-state index contributed by atoms with van der Waals surface area (Å²) in [7, 11) is 0. The molecule has 0 N–H and O–H groups in total. The van der Waals surface area contributed by atoms with E-state index in [0.717, 1.165) is 5.92 Å². The molecule has 40 valence electrons.